The van der Waals surface area contributed by atoms with Gasteiger partial charge in [-0.15, -0.1) is 16.8 Å². The number of carbonyl (C=O) groups excluding carboxylic acids is 1. The third-order valence-corrected chi connectivity index (χ3v) is 8.23. The number of benzene rings is 1. The lowest BCUT2D eigenvalue weighted by Crippen LogP contribution is -2.50. The van der Waals surface area contributed by atoms with Gasteiger partial charge >= 0.3 is 0 Å². The van der Waals surface area contributed by atoms with Crippen LogP contribution >= 0.6 is 11.8 Å². The van der Waals surface area contributed by atoms with E-state index < -0.39 is 5.82 Å². The topological polar surface area (TPSA) is 57.0 Å². The Morgan fingerprint density at radius 3 is 2.52 bits per heavy atom. The van der Waals surface area contributed by atoms with Crippen LogP contribution in [-0.2, 0) is 17.9 Å². The molecule has 164 valence electrons. The summed E-state index contributed by atoms with van der Waals surface area (Å²) in [5.41, 5.74) is -0.0954. The van der Waals surface area contributed by atoms with Crippen LogP contribution in [-0.4, -0.2) is 26.3 Å². The molecule has 1 aromatic heterocycles. The number of carbonyl (C=O) groups is 1. The number of halogens is 1. The highest BCUT2D eigenvalue weighted by molar-refractivity contribution is 7.99. The summed E-state index contributed by atoms with van der Waals surface area (Å²) in [4.78, 5) is 13.3. The molecule has 1 heterocycles. The standard InChI is InChI=1S/C24H28FN3O2S/c1-2-7-28-22(14-30-20-6-4-3-5-19(20)25)26-27-23(28)31-15-21(29)24-11-16-8-17(12-24)10-18(9-16)13-24/h2-6,16-18H,1,7-15H2. The van der Waals surface area contributed by atoms with E-state index in [0.717, 1.165) is 37.0 Å². The van der Waals surface area contributed by atoms with E-state index in [1.54, 1.807) is 24.3 Å². The van der Waals surface area contributed by atoms with Crippen LogP contribution in [0, 0.1) is 29.0 Å². The van der Waals surface area contributed by atoms with Gasteiger partial charge in [-0.25, -0.2) is 4.39 Å². The van der Waals surface area contributed by atoms with Crippen molar-refractivity contribution in [2.24, 2.45) is 23.2 Å². The van der Waals surface area contributed by atoms with Crippen LogP contribution < -0.4 is 4.74 Å². The fourth-order valence-corrected chi connectivity index (χ4v) is 7.29. The number of Topliss-reactive ketones (excluding diaryl/α,β-unsaturated/α-hetero) is 1. The summed E-state index contributed by atoms with van der Waals surface area (Å²) >= 11 is 1.45. The van der Waals surface area contributed by atoms with Gasteiger partial charge in [0.2, 0.25) is 0 Å². The highest BCUT2D eigenvalue weighted by Crippen LogP contribution is 2.60. The molecule has 7 heteroatoms. The lowest BCUT2D eigenvalue weighted by molar-refractivity contribution is -0.141. The average molecular weight is 442 g/mol. The van der Waals surface area contributed by atoms with Gasteiger partial charge in [0.15, 0.2) is 22.5 Å². The van der Waals surface area contributed by atoms with Crippen molar-refractivity contribution >= 4 is 17.5 Å². The van der Waals surface area contributed by atoms with Gasteiger partial charge in [-0.2, -0.15) is 0 Å². The third-order valence-electron chi connectivity index (χ3n) is 7.26. The number of ether oxygens (including phenoxy) is 1. The number of rotatable bonds is 9. The molecule has 0 unspecified atom stereocenters. The molecule has 2 aromatic rings. The summed E-state index contributed by atoms with van der Waals surface area (Å²) < 4.78 is 21.3. The minimum absolute atomic E-state index is 0.0954. The molecule has 31 heavy (non-hydrogen) atoms. The predicted octanol–water partition coefficient (Wildman–Crippen LogP) is 5.06. The number of hydrogen-bond acceptors (Lipinski definition) is 5. The Hall–Kier alpha value is -2.15. The van der Waals surface area contributed by atoms with Crippen molar-refractivity contribution in [2.75, 3.05) is 5.75 Å². The normalized spacial score (nSPS) is 28.6. The Morgan fingerprint density at radius 2 is 1.87 bits per heavy atom. The van der Waals surface area contributed by atoms with E-state index >= 15 is 0 Å². The number of hydrogen-bond donors (Lipinski definition) is 0. The molecule has 0 atom stereocenters. The molecule has 0 aliphatic heterocycles. The maximum Gasteiger partial charge on any atom is 0.192 e. The largest absolute Gasteiger partial charge is 0.483 e. The van der Waals surface area contributed by atoms with Crippen molar-refractivity contribution in [2.45, 2.75) is 56.8 Å². The Kier molecular flexibility index (Phi) is 5.63. The molecule has 0 amide bonds. The predicted molar refractivity (Wildman–Crippen MR) is 117 cm³/mol. The van der Waals surface area contributed by atoms with E-state index in [0.29, 0.717) is 29.1 Å². The van der Waals surface area contributed by atoms with E-state index in [1.807, 2.05) is 4.57 Å². The molecule has 0 N–H and O–H groups in total. The fraction of sp³-hybridized carbons (Fsp3) is 0.542. The Balaban J connectivity index is 1.26. The monoisotopic (exact) mass is 441 g/mol. The molecule has 4 aliphatic carbocycles. The molecule has 5 nitrogen and oxygen atoms in total. The lowest BCUT2D eigenvalue weighted by atomic mass is 9.48. The van der Waals surface area contributed by atoms with Crippen molar-refractivity contribution in [1.82, 2.24) is 14.8 Å². The van der Waals surface area contributed by atoms with Crippen LogP contribution in [0.15, 0.2) is 42.1 Å². The van der Waals surface area contributed by atoms with Gasteiger partial charge in [0, 0.05) is 12.0 Å². The Bertz CT molecular complexity index is 954. The molecule has 6 rings (SSSR count). The molecule has 0 saturated heterocycles. The second-order valence-corrected chi connectivity index (χ2v) is 10.4. The molecule has 4 bridgehead atoms. The smallest absolute Gasteiger partial charge is 0.192 e. The van der Waals surface area contributed by atoms with E-state index in [1.165, 1.54) is 37.1 Å². The Morgan fingerprint density at radius 1 is 1.19 bits per heavy atom. The van der Waals surface area contributed by atoms with Gasteiger partial charge in [0.1, 0.15) is 12.4 Å². The molecule has 1 aromatic carbocycles. The zero-order valence-corrected chi connectivity index (χ0v) is 18.5. The molecule has 4 aliphatic rings. The number of ketones is 1. The first-order chi connectivity index (χ1) is 15.1. The molecule has 4 saturated carbocycles. The lowest BCUT2D eigenvalue weighted by Gasteiger charge is -2.56. The molecule has 0 spiro atoms. The van der Waals surface area contributed by atoms with Gasteiger partial charge in [-0.1, -0.05) is 30.0 Å². The van der Waals surface area contributed by atoms with E-state index in [9.17, 15) is 9.18 Å². The van der Waals surface area contributed by atoms with Crippen molar-refractivity contribution in [3.05, 3.63) is 48.6 Å². The first kappa shape index (κ1) is 20.7. The second-order valence-electron chi connectivity index (χ2n) is 9.43. The second kappa shape index (κ2) is 8.41. The molecular weight excluding hydrogens is 413 g/mol. The Labute approximate surface area is 186 Å². The van der Waals surface area contributed by atoms with Gasteiger partial charge in [-0.3, -0.25) is 9.36 Å². The van der Waals surface area contributed by atoms with Gasteiger partial charge in [-0.05, 0) is 68.4 Å². The number of nitrogens with zero attached hydrogens (tertiary/aromatic N) is 3. The van der Waals surface area contributed by atoms with Crippen molar-refractivity contribution in [3.8, 4) is 5.75 Å². The fourth-order valence-electron chi connectivity index (χ4n) is 6.28. The first-order valence-electron chi connectivity index (χ1n) is 11.1. The van der Waals surface area contributed by atoms with E-state index in [2.05, 4.69) is 16.8 Å². The highest BCUT2D eigenvalue weighted by atomic mass is 32.2. The number of aromatic nitrogens is 3. The minimum atomic E-state index is -0.409. The summed E-state index contributed by atoms with van der Waals surface area (Å²) in [5.74, 6) is 3.44. The molecular formula is C24H28FN3O2S. The van der Waals surface area contributed by atoms with Crippen LogP contribution in [0.4, 0.5) is 4.39 Å². The van der Waals surface area contributed by atoms with Crippen LogP contribution in [0.3, 0.4) is 0 Å². The zero-order chi connectivity index (χ0) is 21.4. The summed E-state index contributed by atoms with van der Waals surface area (Å²) in [6, 6.07) is 6.30. The number of allylic oxidation sites excluding steroid dienone is 1. The maximum atomic E-state index is 13.8. The van der Waals surface area contributed by atoms with Crippen LogP contribution in [0.2, 0.25) is 0 Å². The van der Waals surface area contributed by atoms with Crippen molar-refractivity contribution < 1.29 is 13.9 Å². The zero-order valence-electron chi connectivity index (χ0n) is 17.6. The van der Waals surface area contributed by atoms with Crippen LogP contribution in [0.25, 0.3) is 0 Å². The minimum Gasteiger partial charge on any atom is -0.483 e. The summed E-state index contributed by atoms with van der Waals surface area (Å²) in [6.07, 6.45) is 9.01. The molecule has 0 radical (unpaired) electrons. The summed E-state index contributed by atoms with van der Waals surface area (Å²) in [7, 11) is 0. The highest BCUT2D eigenvalue weighted by Gasteiger charge is 2.54. The van der Waals surface area contributed by atoms with Gasteiger partial charge < -0.3 is 4.74 Å². The number of para-hydroxylation sites is 1. The summed E-state index contributed by atoms with van der Waals surface area (Å²) in [5, 5.41) is 9.21. The van der Waals surface area contributed by atoms with Crippen molar-refractivity contribution in [3.63, 3.8) is 0 Å². The quantitative estimate of drug-likeness (QED) is 0.402. The van der Waals surface area contributed by atoms with E-state index in [-0.39, 0.29) is 17.8 Å². The van der Waals surface area contributed by atoms with Crippen molar-refractivity contribution in [1.29, 1.82) is 0 Å². The maximum absolute atomic E-state index is 13.8. The van der Waals surface area contributed by atoms with Crippen LogP contribution in [0.1, 0.15) is 44.3 Å². The first-order valence-corrected chi connectivity index (χ1v) is 12.1. The SMILES string of the molecule is C=CCn1c(COc2ccccc2F)nnc1SCC(=O)C12CC3CC(CC(C3)C1)C2. The molecule has 4 fully saturated rings. The van der Waals surface area contributed by atoms with Gasteiger partial charge in [0.05, 0.1) is 5.75 Å². The van der Waals surface area contributed by atoms with Gasteiger partial charge in [0.25, 0.3) is 0 Å². The van der Waals surface area contributed by atoms with Crippen LogP contribution in [0.5, 0.6) is 5.75 Å². The number of thioether (sulfide) groups is 1. The van der Waals surface area contributed by atoms with E-state index in [4.69, 9.17) is 4.74 Å². The average Bonchev–Trinajstić information content (AvgIpc) is 3.12. The third kappa shape index (κ3) is 4.04. The summed E-state index contributed by atoms with van der Waals surface area (Å²) in [6.45, 7) is 4.43.